The number of carboxylic acids is 1. The van der Waals surface area contributed by atoms with E-state index in [0.29, 0.717) is 0 Å². The van der Waals surface area contributed by atoms with Gasteiger partial charge >= 0.3 is 5.97 Å². The maximum atomic E-state index is 10.2. The second-order valence-corrected chi connectivity index (χ2v) is 4.34. The minimum atomic E-state index is -0.935. The van der Waals surface area contributed by atoms with E-state index in [1.807, 2.05) is 18.2 Å². The highest BCUT2D eigenvalue weighted by molar-refractivity contribution is 5.80. The molecular formula is C17H16O2. The molecule has 0 amide bonds. The Hall–Kier alpha value is -2.35. The van der Waals surface area contributed by atoms with Gasteiger partial charge in [0.25, 0.3) is 0 Å². The zero-order chi connectivity index (χ0) is 13.5. The van der Waals surface area contributed by atoms with Gasteiger partial charge in [0.15, 0.2) is 0 Å². The minimum Gasteiger partial charge on any atom is -0.478 e. The van der Waals surface area contributed by atoms with Crippen molar-refractivity contribution in [2.45, 2.75) is 12.8 Å². The van der Waals surface area contributed by atoms with Crippen LogP contribution in [0.25, 0.3) is 12.2 Å². The standard InChI is InChI=1S/C17H16O2/c18-17(19)10-4-2-1-3-7-14-11-12-15-8-5-6-9-16(15)13-14/h1-4,6-7,9-13H,5,8H2,(H,18,19). The molecule has 96 valence electrons. The number of allylic oxidation sites excluding steroid dienone is 5. The Morgan fingerprint density at radius 3 is 2.84 bits per heavy atom. The van der Waals surface area contributed by atoms with Gasteiger partial charge in [0.1, 0.15) is 0 Å². The number of carboxylic acid groups (broad SMARTS) is 1. The molecule has 0 aliphatic heterocycles. The first kappa shape index (κ1) is 13.1. The fourth-order valence-corrected chi connectivity index (χ4v) is 1.98. The lowest BCUT2D eigenvalue weighted by Gasteiger charge is -2.10. The number of hydrogen-bond donors (Lipinski definition) is 1. The quantitative estimate of drug-likeness (QED) is 0.652. The van der Waals surface area contributed by atoms with Crippen molar-refractivity contribution in [1.29, 1.82) is 0 Å². The summed E-state index contributed by atoms with van der Waals surface area (Å²) in [7, 11) is 0. The highest BCUT2D eigenvalue weighted by atomic mass is 16.4. The summed E-state index contributed by atoms with van der Waals surface area (Å²) in [5.74, 6) is -0.935. The van der Waals surface area contributed by atoms with Gasteiger partial charge in [0.2, 0.25) is 0 Å². The van der Waals surface area contributed by atoms with Crippen LogP contribution < -0.4 is 0 Å². The molecule has 2 heteroatoms. The van der Waals surface area contributed by atoms with E-state index < -0.39 is 5.97 Å². The summed E-state index contributed by atoms with van der Waals surface area (Å²) in [4.78, 5) is 10.2. The molecule has 19 heavy (non-hydrogen) atoms. The van der Waals surface area contributed by atoms with Gasteiger partial charge in [0, 0.05) is 6.08 Å². The molecule has 0 unspecified atom stereocenters. The summed E-state index contributed by atoms with van der Waals surface area (Å²) in [6.07, 6.45) is 16.6. The van der Waals surface area contributed by atoms with Crippen LogP contribution in [0.4, 0.5) is 0 Å². The van der Waals surface area contributed by atoms with E-state index in [1.165, 1.54) is 17.2 Å². The van der Waals surface area contributed by atoms with Gasteiger partial charge in [-0.15, -0.1) is 0 Å². The summed E-state index contributed by atoms with van der Waals surface area (Å²) < 4.78 is 0. The van der Waals surface area contributed by atoms with E-state index in [4.69, 9.17) is 5.11 Å². The van der Waals surface area contributed by atoms with E-state index in [2.05, 4.69) is 30.4 Å². The maximum absolute atomic E-state index is 10.2. The predicted molar refractivity (Wildman–Crippen MR) is 78.7 cm³/mol. The zero-order valence-corrected chi connectivity index (χ0v) is 10.6. The first-order chi connectivity index (χ1) is 9.25. The number of carbonyl (C=O) groups is 1. The Morgan fingerprint density at radius 2 is 2.00 bits per heavy atom. The van der Waals surface area contributed by atoms with Crippen molar-refractivity contribution in [3.8, 4) is 0 Å². The van der Waals surface area contributed by atoms with Crippen LogP contribution >= 0.6 is 0 Å². The van der Waals surface area contributed by atoms with E-state index in [-0.39, 0.29) is 0 Å². The summed E-state index contributed by atoms with van der Waals surface area (Å²) in [5.41, 5.74) is 3.85. The topological polar surface area (TPSA) is 37.3 Å². The average molecular weight is 252 g/mol. The molecular weight excluding hydrogens is 236 g/mol. The van der Waals surface area contributed by atoms with Crippen molar-refractivity contribution >= 4 is 18.1 Å². The van der Waals surface area contributed by atoms with Crippen LogP contribution in [0.1, 0.15) is 23.1 Å². The molecule has 0 fully saturated rings. The van der Waals surface area contributed by atoms with E-state index in [9.17, 15) is 4.79 Å². The van der Waals surface area contributed by atoms with Crippen molar-refractivity contribution in [1.82, 2.24) is 0 Å². The number of aryl methyl sites for hydroxylation is 1. The van der Waals surface area contributed by atoms with Crippen molar-refractivity contribution in [3.05, 3.63) is 71.3 Å². The van der Waals surface area contributed by atoms with Crippen LogP contribution in [-0.2, 0) is 11.2 Å². The van der Waals surface area contributed by atoms with Gasteiger partial charge in [0.05, 0.1) is 0 Å². The molecule has 0 aromatic heterocycles. The van der Waals surface area contributed by atoms with Crippen LogP contribution in [-0.4, -0.2) is 11.1 Å². The van der Waals surface area contributed by atoms with E-state index >= 15 is 0 Å². The molecule has 0 saturated carbocycles. The highest BCUT2D eigenvalue weighted by Crippen LogP contribution is 2.20. The number of hydrogen-bond acceptors (Lipinski definition) is 1. The van der Waals surface area contributed by atoms with Crippen molar-refractivity contribution in [2.24, 2.45) is 0 Å². The van der Waals surface area contributed by atoms with Gasteiger partial charge in [-0.25, -0.2) is 4.79 Å². The van der Waals surface area contributed by atoms with Crippen LogP contribution in [0.15, 0.2) is 54.7 Å². The van der Waals surface area contributed by atoms with Crippen LogP contribution in [0, 0.1) is 0 Å². The van der Waals surface area contributed by atoms with Gasteiger partial charge in [-0.1, -0.05) is 54.7 Å². The normalized spacial score (nSPS) is 14.5. The third kappa shape index (κ3) is 4.11. The number of aliphatic carboxylic acids is 1. The fraction of sp³-hybridized carbons (Fsp3) is 0.118. The Bertz CT molecular complexity index is 575. The van der Waals surface area contributed by atoms with E-state index in [1.54, 1.807) is 6.08 Å². The minimum absolute atomic E-state index is 0.935. The molecule has 1 aromatic carbocycles. The van der Waals surface area contributed by atoms with Gasteiger partial charge in [-0.05, 0) is 35.6 Å². The predicted octanol–water partition coefficient (Wildman–Crippen LogP) is 3.86. The van der Waals surface area contributed by atoms with Gasteiger partial charge in [-0.3, -0.25) is 0 Å². The molecule has 1 aliphatic rings. The molecule has 2 rings (SSSR count). The lowest BCUT2D eigenvalue weighted by Crippen LogP contribution is -1.93. The molecule has 0 radical (unpaired) electrons. The summed E-state index contributed by atoms with van der Waals surface area (Å²) in [6.45, 7) is 0. The van der Waals surface area contributed by atoms with Crippen LogP contribution in [0.2, 0.25) is 0 Å². The van der Waals surface area contributed by atoms with Gasteiger partial charge in [-0.2, -0.15) is 0 Å². The Morgan fingerprint density at radius 1 is 1.16 bits per heavy atom. The average Bonchev–Trinajstić information content (AvgIpc) is 2.42. The molecule has 1 N–H and O–H groups in total. The largest absolute Gasteiger partial charge is 0.478 e. The first-order valence-electron chi connectivity index (χ1n) is 6.29. The lowest BCUT2D eigenvalue weighted by molar-refractivity contribution is -0.131. The zero-order valence-electron chi connectivity index (χ0n) is 10.6. The number of fused-ring (bicyclic) bond motifs is 1. The highest BCUT2D eigenvalue weighted by Gasteiger charge is 2.03. The Kier molecular flexibility index (Phi) is 4.51. The summed E-state index contributed by atoms with van der Waals surface area (Å²) in [5, 5.41) is 8.42. The molecule has 2 nitrogen and oxygen atoms in total. The van der Waals surface area contributed by atoms with Crippen molar-refractivity contribution in [3.63, 3.8) is 0 Å². The SMILES string of the molecule is O=C(O)C=CC=CC=Cc1ccc2c(c1)C=CCC2. The second kappa shape index (κ2) is 6.55. The smallest absolute Gasteiger partial charge is 0.328 e. The maximum Gasteiger partial charge on any atom is 0.328 e. The van der Waals surface area contributed by atoms with Gasteiger partial charge < -0.3 is 5.11 Å². The van der Waals surface area contributed by atoms with Crippen LogP contribution in [0.5, 0.6) is 0 Å². The number of rotatable bonds is 4. The molecule has 0 saturated heterocycles. The Labute approximate surface area is 113 Å². The fourth-order valence-electron chi connectivity index (χ4n) is 1.98. The Balaban J connectivity index is 2.00. The number of benzene rings is 1. The third-order valence-corrected chi connectivity index (χ3v) is 2.91. The molecule has 1 aliphatic carbocycles. The van der Waals surface area contributed by atoms with Crippen molar-refractivity contribution < 1.29 is 9.90 Å². The van der Waals surface area contributed by atoms with Crippen LogP contribution in [0.3, 0.4) is 0 Å². The second-order valence-electron chi connectivity index (χ2n) is 4.34. The monoisotopic (exact) mass is 252 g/mol. The van der Waals surface area contributed by atoms with E-state index in [0.717, 1.165) is 24.5 Å². The summed E-state index contributed by atoms with van der Waals surface area (Å²) in [6, 6.07) is 6.45. The third-order valence-electron chi connectivity index (χ3n) is 2.91. The lowest BCUT2D eigenvalue weighted by atomic mass is 9.95. The molecule has 1 aromatic rings. The van der Waals surface area contributed by atoms with Crippen molar-refractivity contribution in [2.75, 3.05) is 0 Å². The molecule has 0 bridgehead atoms. The molecule has 0 heterocycles. The molecule has 0 atom stereocenters. The summed E-state index contributed by atoms with van der Waals surface area (Å²) >= 11 is 0. The molecule has 0 spiro atoms. The first-order valence-corrected chi connectivity index (χ1v) is 6.29.